The van der Waals surface area contributed by atoms with E-state index >= 15 is 0 Å². The zero-order chi connectivity index (χ0) is 11.8. The lowest BCUT2D eigenvalue weighted by molar-refractivity contribution is 0.0641. The Morgan fingerprint density at radius 3 is 2.28 bits per heavy atom. The SMILES string of the molecule is Cl.O=C1c2ccccc2C(=O)N1C[C@H]1CCCN1. The highest BCUT2D eigenvalue weighted by molar-refractivity contribution is 6.21. The van der Waals surface area contributed by atoms with Crippen molar-refractivity contribution in [3.8, 4) is 0 Å². The Balaban J connectivity index is 0.00000120. The second-order valence-corrected chi connectivity index (χ2v) is 4.56. The van der Waals surface area contributed by atoms with Crippen LogP contribution in [0.2, 0.25) is 0 Å². The molecule has 0 spiro atoms. The minimum absolute atomic E-state index is 0. The number of nitrogens with zero attached hydrogens (tertiary/aromatic N) is 1. The van der Waals surface area contributed by atoms with Gasteiger partial charge in [-0.15, -0.1) is 12.4 Å². The van der Waals surface area contributed by atoms with Crippen LogP contribution < -0.4 is 5.32 Å². The number of amides is 2. The fourth-order valence-electron chi connectivity index (χ4n) is 2.54. The molecule has 1 atom stereocenters. The summed E-state index contributed by atoms with van der Waals surface area (Å²) in [5.74, 6) is -0.307. The number of nitrogens with one attached hydrogen (secondary N) is 1. The third-order valence-corrected chi connectivity index (χ3v) is 3.44. The Kier molecular flexibility index (Phi) is 3.68. The monoisotopic (exact) mass is 266 g/mol. The summed E-state index contributed by atoms with van der Waals surface area (Å²) in [7, 11) is 0. The second kappa shape index (κ2) is 5.08. The first kappa shape index (κ1) is 13.1. The predicted octanol–water partition coefficient (Wildman–Crippen LogP) is 1.46. The van der Waals surface area contributed by atoms with Crippen molar-refractivity contribution >= 4 is 24.2 Å². The Labute approximate surface area is 112 Å². The summed E-state index contributed by atoms with van der Waals surface area (Å²) in [4.78, 5) is 25.5. The van der Waals surface area contributed by atoms with Crippen LogP contribution in [0.15, 0.2) is 24.3 Å². The molecule has 2 aliphatic heterocycles. The van der Waals surface area contributed by atoms with Crippen LogP contribution in [0.4, 0.5) is 0 Å². The predicted molar refractivity (Wildman–Crippen MR) is 70.1 cm³/mol. The first-order chi connectivity index (χ1) is 8.27. The first-order valence-corrected chi connectivity index (χ1v) is 5.96. The van der Waals surface area contributed by atoms with Crippen molar-refractivity contribution < 1.29 is 9.59 Å². The topological polar surface area (TPSA) is 49.4 Å². The molecule has 0 bridgehead atoms. The van der Waals surface area contributed by atoms with Crippen LogP contribution in [-0.4, -0.2) is 35.8 Å². The van der Waals surface area contributed by atoms with Crippen molar-refractivity contribution in [3.05, 3.63) is 35.4 Å². The normalized spacial score (nSPS) is 22.0. The number of fused-ring (bicyclic) bond motifs is 1. The van der Waals surface area contributed by atoms with Gasteiger partial charge in [-0.1, -0.05) is 12.1 Å². The molecular weight excluding hydrogens is 252 g/mol. The molecule has 1 fully saturated rings. The summed E-state index contributed by atoms with van der Waals surface area (Å²) < 4.78 is 0. The first-order valence-electron chi connectivity index (χ1n) is 5.96. The molecule has 0 radical (unpaired) electrons. The van der Waals surface area contributed by atoms with Crippen LogP contribution in [0.25, 0.3) is 0 Å². The molecule has 3 rings (SSSR count). The van der Waals surface area contributed by atoms with Gasteiger partial charge in [-0.3, -0.25) is 14.5 Å². The molecule has 1 saturated heterocycles. The molecule has 0 aromatic heterocycles. The van der Waals surface area contributed by atoms with Gasteiger partial charge in [0.15, 0.2) is 0 Å². The molecule has 2 aliphatic rings. The summed E-state index contributed by atoms with van der Waals surface area (Å²) in [6.45, 7) is 1.47. The molecule has 5 heteroatoms. The maximum atomic E-state index is 12.1. The Hall–Kier alpha value is -1.39. The van der Waals surface area contributed by atoms with Crippen molar-refractivity contribution in [3.63, 3.8) is 0 Å². The minimum Gasteiger partial charge on any atom is -0.312 e. The number of carbonyl (C=O) groups excluding carboxylic acids is 2. The molecule has 1 N–H and O–H groups in total. The van der Waals surface area contributed by atoms with Crippen LogP contribution in [-0.2, 0) is 0 Å². The van der Waals surface area contributed by atoms with Gasteiger partial charge in [-0.05, 0) is 31.5 Å². The lowest BCUT2D eigenvalue weighted by atomic mass is 10.1. The fraction of sp³-hybridized carbons (Fsp3) is 0.385. The van der Waals surface area contributed by atoms with Gasteiger partial charge in [0.25, 0.3) is 11.8 Å². The number of benzene rings is 1. The van der Waals surface area contributed by atoms with E-state index < -0.39 is 0 Å². The van der Waals surface area contributed by atoms with Crippen LogP contribution >= 0.6 is 12.4 Å². The molecule has 18 heavy (non-hydrogen) atoms. The number of imide groups is 1. The zero-order valence-corrected chi connectivity index (χ0v) is 10.7. The highest BCUT2D eigenvalue weighted by Crippen LogP contribution is 2.23. The van der Waals surface area contributed by atoms with Crippen molar-refractivity contribution in [2.45, 2.75) is 18.9 Å². The molecule has 1 aromatic carbocycles. The molecule has 0 aliphatic carbocycles. The van der Waals surface area contributed by atoms with E-state index in [1.807, 2.05) is 0 Å². The third kappa shape index (κ3) is 2.02. The van der Waals surface area contributed by atoms with E-state index in [-0.39, 0.29) is 30.3 Å². The average Bonchev–Trinajstić information content (AvgIpc) is 2.94. The standard InChI is InChI=1S/C13H14N2O2.ClH/c16-12-10-5-1-2-6-11(10)13(17)15(12)8-9-4-3-7-14-9;/h1-2,5-6,9,14H,3-4,7-8H2;1H/t9-;/m1./s1. The number of hydrogen-bond acceptors (Lipinski definition) is 3. The van der Waals surface area contributed by atoms with Gasteiger partial charge < -0.3 is 5.32 Å². The quantitative estimate of drug-likeness (QED) is 0.825. The second-order valence-electron chi connectivity index (χ2n) is 4.56. The van der Waals surface area contributed by atoms with E-state index in [4.69, 9.17) is 0 Å². The van der Waals surface area contributed by atoms with Gasteiger partial charge in [0.1, 0.15) is 0 Å². The summed E-state index contributed by atoms with van der Waals surface area (Å²) in [5.41, 5.74) is 1.07. The van der Waals surface area contributed by atoms with Gasteiger partial charge in [0.2, 0.25) is 0 Å². The minimum atomic E-state index is -0.153. The lowest BCUT2D eigenvalue weighted by Crippen LogP contribution is -2.40. The molecule has 1 aromatic rings. The van der Waals surface area contributed by atoms with Crippen molar-refractivity contribution in [2.24, 2.45) is 0 Å². The van der Waals surface area contributed by atoms with Gasteiger partial charge in [0.05, 0.1) is 11.1 Å². The highest BCUT2D eigenvalue weighted by Gasteiger charge is 2.36. The Morgan fingerprint density at radius 2 is 1.78 bits per heavy atom. The maximum Gasteiger partial charge on any atom is 0.261 e. The average molecular weight is 267 g/mol. The van der Waals surface area contributed by atoms with Gasteiger partial charge in [0, 0.05) is 12.6 Å². The smallest absolute Gasteiger partial charge is 0.261 e. The van der Waals surface area contributed by atoms with Crippen molar-refractivity contribution in [2.75, 3.05) is 13.1 Å². The van der Waals surface area contributed by atoms with Crippen LogP contribution in [0, 0.1) is 0 Å². The zero-order valence-electron chi connectivity index (χ0n) is 9.89. The van der Waals surface area contributed by atoms with Gasteiger partial charge >= 0.3 is 0 Å². The molecular formula is C13H15ClN2O2. The molecule has 0 unspecified atom stereocenters. The van der Waals surface area contributed by atoms with Crippen LogP contribution in [0.5, 0.6) is 0 Å². The van der Waals surface area contributed by atoms with E-state index in [9.17, 15) is 9.59 Å². The van der Waals surface area contributed by atoms with E-state index in [1.54, 1.807) is 24.3 Å². The van der Waals surface area contributed by atoms with E-state index in [0.29, 0.717) is 17.7 Å². The summed E-state index contributed by atoms with van der Waals surface area (Å²) in [6, 6.07) is 7.29. The van der Waals surface area contributed by atoms with E-state index in [2.05, 4.69) is 5.32 Å². The summed E-state index contributed by atoms with van der Waals surface area (Å²) in [5, 5.41) is 3.31. The highest BCUT2D eigenvalue weighted by atomic mass is 35.5. The number of rotatable bonds is 2. The van der Waals surface area contributed by atoms with Crippen LogP contribution in [0.3, 0.4) is 0 Å². The van der Waals surface area contributed by atoms with Crippen molar-refractivity contribution in [1.29, 1.82) is 0 Å². The number of halogens is 1. The summed E-state index contributed by atoms with van der Waals surface area (Å²) in [6.07, 6.45) is 2.15. The molecule has 96 valence electrons. The largest absolute Gasteiger partial charge is 0.312 e. The Morgan fingerprint density at radius 1 is 1.17 bits per heavy atom. The molecule has 0 saturated carbocycles. The van der Waals surface area contributed by atoms with E-state index in [1.165, 1.54) is 4.90 Å². The molecule has 4 nitrogen and oxygen atoms in total. The molecule has 2 heterocycles. The third-order valence-electron chi connectivity index (χ3n) is 3.44. The van der Waals surface area contributed by atoms with Gasteiger partial charge in [-0.2, -0.15) is 0 Å². The van der Waals surface area contributed by atoms with Crippen LogP contribution in [0.1, 0.15) is 33.6 Å². The maximum absolute atomic E-state index is 12.1. The molecule has 2 amide bonds. The lowest BCUT2D eigenvalue weighted by Gasteiger charge is -2.18. The summed E-state index contributed by atoms with van der Waals surface area (Å²) >= 11 is 0. The van der Waals surface area contributed by atoms with Crippen molar-refractivity contribution in [1.82, 2.24) is 10.2 Å². The fourth-order valence-corrected chi connectivity index (χ4v) is 2.54. The van der Waals surface area contributed by atoms with E-state index in [0.717, 1.165) is 19.4 Å². The number of hydrogen-bond donors (Lipinski definition) is 1. The van der Waals surface area contributed by atoms with Gasteiger partial charge in [-0.25, -0.2) is 0 Å². The Bertz CT molecular complexity index is 449. The number of carbonyl (C=O) groups is 2.